The predicted octanol–water partition coefficient (Wildman–Crippen LogP) is 3.27. The molecule has 0 bridgehead atoms. The molecule has 0 aromatic carbocycles. The monoisotopic (exact) mass is 453 g/mol. The van der Waals surface area contributed by atoms with Crippen molar-refractivity contribution in [2.45, 2.75) is 51.1 Å². The van der Waals surface area contributed by atoms with Gasteiger partial charge in [-0.2, -0.15) is 9.61 Å². The lowest BCUT2D eigenvalue weighted by atomic mass is 9.88. The van der Waals surface area contributed by atoms with Crippen molar-refractivity contribution in [3.63, 3.8) is 0 Å². The molecular weight excluding hydrogens is 425 g/mol. The number of pyridine rings is 1. The normalized spacial score (nSPS) is 19.4. The number of nitrogens with one attached hydrogen (secondary N) is 2. The van der Waals surface area contributed by atoms with Gasteiger partial charge in [0.05, 0.1) is 29.8 Å². The number of ether oxygens (including phenoxy) is 1. The second-order valence-corrected chi connectivity index (χ2v) is 8.71. The number of methoxy groups -OCH3 is 1. The quantitative estimate of drug-likeness (QED) is 0.369. The van der Waals surface area contributed by atoms with Crippen LogP contribution in [-0.4, -0.2) is 55.6 Å². The third kappa shape index (κ3) is 3.64. The Morgan fingerprint density at radius 2 is 2.03 bits per heavy atom. The van der Waals surface area contributed by atoms with Crippen LogP contribution in [0.1, 0.15) is 44.5 Å². The van der Waals surface area contributed by atoms with Gasteiger partial charge in [-0.15, -0.1) is 0 Å². The molecule has 33 heavy (non-hydrogen) atoms. The average molecular weight is 454 g/mol. The first kappa shape index (κ1) is 21.7. The number of hydrogen-bond donors (Lipinski definition) is 3. The molecule has 0 radical (unpaired) electrons. The first-order chi connectivity index (χ1) is 15.9. The summed E-state index contributed by atoms with van der Waals surface area (Å²) in [4.78, 5) is 9.16. The molecule has 1 fully saturated rings. The second kappa shape index (κ2) is 8.36. The zero-order valence-electron chi connectivity index (χ0n) is 19.1. The van der Waals surface area contributed by atoms with Gasteiger partial charge in [-0.05, 0) is 32.8 Å². The molecule has 174 valence electrons. The molecule has 0 saturated heterocycles. The summed E-state index contributed by atoms with van der Waals surface area (Å²) in [6, 6.07) is 3.56. The third-order valence-electron chi connectivity index (χ3n) is 6.40. The Labute approximate surface area is 190 Å². The Morgan fingerprint density at radius 3 is 2.70 bits per heavy atom. The molecule has 0 spiro atoms. The summed E-state index contributed by atoms with van der Waals surface area (Å²) >= 11 is 0. The molecular formula is C23H28FN7O2. The molecule has 9 nitrogen and oxygen atoms in total. The topological polar surface area (TPSA) is 102 Å². The van der Waals surface area contributed by atoms with E-state index in [0.29, 0.717) is 33.8 Å². The molecule has 4 heterocycles. The molecule has 1 saturated carbocycles. The third-order valence-corrected chi connectivity index (χ3v) is 6.40. The molecule has 1 unspecified atom stereocenters. The maximum atomic E-state index is 14.1. The molecule has 3 N–H and O–H groups in total. The van der Waals surface area contributed by atoms with Crippen LogP contribution >= 0.6 is 0 Å². The first-order valence-corrected chi connectivity index (χ1v) is 11.1. The van der Waals surface area contributed by atoms with Crippen LogP contribution in [0.2, 0.25) is 0 Å². The van der Waals surface area contributed by atoms with Crippen LogP contribution < -0.4 is 10.6 Å². The van der Waals surface area contributed by atoms with Crippen molar-refractivity contribution in [2.24, 2.45) is 0 Å². The fourth-order valence-electron chi connectivity index (χ4n) is 4.43. The lowest BCUT2D eigenvalue weighted by molar-refractivity contribution is -0.0190. The molecule has 3 atom stereocenters. The Morgan fingerprint density at radius 1 is 1.21 bits per heavy atom. The number of aliphatic hydroxyl groups is 1. The number of fused-ring (bicyclic) bond motifs is 2. The highest BCUT2D eigenvalue weighted by Gasteiger charge is 2.33. The van der Waals surface area contributed by atoms with E-state index in [4.69, 9.17) is 9.72 Å². The zero-order valence-corrected chi connectivity index (χ0v) is 19.1. The molecule has 1 aliphatic rings. The van der Waals surface area contributed by atoms with Crippen molar-refractivity contribution in [2.75, 3.05) is 19.5 Å². The highest BCUT2D eigenvalue weighted by Crippen LogP contribution is 2.34. The summed E-state index contributed by atoms with van der Waals surface area (Å²) in [5.41, 5.74) is 3.17. The van der Waals surface area contributed by atoms with Gasteiger partial charge in [-0.25, -0.2) is 14.4 Å². The highest BCUT2D eigenvalue weighted by atomic mass is 19.1. The van der Waals surface area contributed by atoms with Crippen molar-refractivity contribution >= 4 is 22.5 Å². The molecule has 0 amide bonds. The van der Waals surface area contributed by atoms with Crippen molar-refractivity contribution in [1.29, 1.82) is 0 Å². The second-order valence-electron chi connectivity index (χ2n) is 8.71. The van der Waals surface area contributed by atoms with Crippen LogP contribution in [-0.2, 0) is 4.74 Å². The van der Waals surface area contributed by atoms with Crippen LogP contribution in [0.4, 0.5) is 10.2 Å². The number of hydrogen-bond acceptors (Lipinski definition) is 7. The SMILES string of the molecule is CNc1cc(-c2cn(C(C)C)c3ncc(F)cc23)nc2c(C(O)N[C@@H]3CC[C@H]3OC)cnn12. The van der Waals surface area contributed by atoms with E-state index < -0.39 is 12.0 Å². The maximum Gasteiger partial charge on any atom is 0.165 e. The van der Waals surface area contributed by atoms with E-state index in [0.717, 1.165) is 18.4 Å². The number of halogens is 1. The summed E-state index contributed by atoms with van der Waals surface area (Å²) in [6.45, 7) is 4.10. The average Bonchev–Trinajstić information content (AvgIpc) is 3.37. The van der Waals surface area contributed by atoms with Crippen molar-refractivity contribution in [3.8, 4) is 11.3 Å². The first-order valence-electron chi connectivity index (χ1n) is 11.1. The van der Waals surface area contributed by atoms with Crippen molar-refractivity contribution in [1.82, 2.24) is 29.5 Å². The standard InChI is InChI=1S/C23H28FN7O2/c1-12(2)30-11-16(14-7-13(24)9-26-21(14)30)18-8-20(25-3)31-22(28-18)15(10-27-31)23(32)29-17-5-6-19(17)33-4/h7-12,17,19,23,25,29,32H,5-6H2,1-4H3/t17-,19-,23?/m1/s1. The van der Waals surface area contributed by atoms with Gasteiger partial charge in [-0.3, -0.25) is 5.32 Å². The van der Waals surface area contributed by atoms with Crippen LogP contribution in [0.3, 0.4) is 0 Å². The van der Waals surface area contributed by atoms with E-state index in [2.05, 4.69) is 34.6 Å². The van der Waals surface area contributed by atoms with Crippen LogP contribution in [0, 0.1) is 5.82 Å². The zero-order chi connectivity index (χ0) is 23.3. The largest absolute Gasteiger partial charge is 0.380 e. The van der Waals surface area contributed by atoms with Crippen LogP contribution in [0.5, 0.6) is 0 Å². The van der Waals surface area contributed by atoms with Crippen LogP contribution in [0.25, 0.3) is 27.9 Å². The minimum absolute atomic E-state index is 0.0740. The van der Waals surface area contributed by atoms with E-state index in [-0.39, 0.29) is 18.2 Å². The fourth-order valence-corrected chi connectivity index (χ4v) is 4.43. The summed E-state index contributed by atoms with van der Waals surface area (Å²) in [5.74, 6) is 0.291. The van der Waals surface area contributed by atoms with Gasteiger partial charge in [0, 0.05) is 49.5 Å². The van der Waals surface area contributed by atoms with Gasteiger partial charge in [0.2, 0.25) is 0 Å². The number of anilines is 1. The number of aromatic nitrogens is 5. The predicted molar refractivity (Wildman–Crippen MR) is 124 cm³/mol. The summed E-state index contributed by atoms with van der Waals surface area (Å²) < 4.78 is 23.2. The lowest BCUT2D eigenvalue weighted by Gasteiger charge is -2.37. The number of rotatable bonds is 7. The number of aliphatic hydroxyl groups excluding tert-OH is 1. The molecule has 4 aromatic heterocycles. The summed E-state index contributed by atoms with van der Waals surface area (Å²) in [6.07, 6.45) is 5.82. The van der Waals surface area contributed by atoms with Gasteiger partial charge in [0.25, 0.3) is 0 Å². The van der Waals surface area contributed by atoms with Gasteiger partial charge >= 0.3 is 0 Å². The van der Waals surface area contributed by atoms with Crippen LogP contribution in [0.15, 0.2) is 30.7 Å². The maximum absolute atomic E-state index is 14.1. The Bertz CT molecular complexity index is 1310. The fraction of sp³-hybridized carbons (Fsp3) is 0.435. The van der Waals surface area contributed by atoms with Crippen molar-refractivity contribution < 1.29 is 14.2 Å². The van der Waals surface area contributed by atoms with Gasteiger partial charge in [0.1, 0.15) is 23.5 Å². The number of nitrogens with zero attached hydrogens (tertiary/aromatic N) is 5. The Kier molecular flexibility index (Phi) is 5.51. The molecule has 5 rings (SSSR count). The van der Waals surface area contributed by atoms with Gasteiger partial charge < -0.3 is 19.7 Å². The summed E-state index contributed by atoms with van der Waals surface area (Å²) in [5, 5.41) is 22.4. The Balaban J connectivity index is 1.63. The Hall–Kier alpha value is -3.08. The molecule has 1 aliphatic carbocycles. The van der Waals surface area contributed by atoms with E-state index in [9.17, 15) is 9.50 Å². The molecule has 4 aromatic rings. The van der Waals surface area contributed by atoms with Crippen molar-refractivity contribution in [3.05, 3.63) is 42.1 Å². The lowest BCUT2D eigenvalue weighted by Crippen LogP contribution is -2.50. The minimum Gasteiger partial charge on any atom is -0.380 e. The smallest absolute Gasteiger partial charge is 0.165 e. The summed E-state index contributed by atoms with van der Waals surface area (Å²) in [7, 11) is 3.48. The van der Waals surface area contributed by atoms with E-state index >= 15 is 0 Å². The minimum atomic E-state index is -0.950. The van der Waals surface area contributed by atoms with E-state index in [1.165, 1.54) is 12.3 Å². The van der Waals surface area contributed by atoms with E-state index in [1.807, 2.05) is 16.8 Å². The van der Waals surface area contributed by atoms with E-state index in [1.54, 1.807) is 24.9 Å². The van der Waals surface area contributed by atoms with Gasteiger partial charge in [0.15, 0.2) is 5.65 Å². The van der Waals surface area contributed by atoms with Gasteiger partial charge in [-0.1, -0.05) is 0 Å². The molecule has 0 aliphatic heterocycles. The highest BCUT2D eigenvalue weighted by molar-refractivity contribution is 5.94. The molecule has 10 heteroatoms.